The van der Waals surface area contributed by atoms with Crippen LogP contribution >= 0.6 is 0 Å². The number of benzene rings is 3. The highest BCUT2D eigenvalue weighted by Crippen LogP contribution is 2.24. The maximum Gasteiger partial charge on any atom is 0.291 e. The van der Waals surface area contributed by atoms with Crippen LogP contribution in [-0.2, 0) is 11.3 Å². The molecule has 1 aliphatic rings. The first-order valence-corrected chi connectivity index (χ1v) is 12.1. The van der Waals surface area contributed by atoms with Crippen molar-refractivity contribution in [2.45, 2.75) is 19.4 Å². The Morgan fingerprint density at radius 1 is 0.861 bits per heavy atom. The molecule has 1 fully saturated rings. The zero-order chi connectivity index (χ0) is 24.9. The van der Waals surface area contributed by atoms with Crippen LogP contribution in [0.25, 0.3) is 10.8 Å². The van der Waals surface area contributed by atoms with Gasteiger partial charge in [-0.3, -0.25) is 14.4 Å². The monoisotopic (exact) mass is 481 g/mol. The van der Waals surface area contributed by atoms with Crippen LogP contribution in [0.5, 0.6) is 0 Å². The lowest BCUT2D eigenvalue weighted by Crippen LogP contribution is -2.43. The first kappa shape index (κ1) is 23.4. The van der Waals surface area contributed by atoms with E-state index in [9.17, 15) is 14.4 Å². The van der Waals surface area contributed by atoms with Crippen molar-refractivity contribution in [3.63, 3.8) is 0 Å². The summed E-state index contributed by atoms with van der Waals surface area (Å²) in [5.74, 6) is -0.164. The van der Waals surface area contributed by atoms with Crippen LogP contribution in [0, 0.1) is 5.92 Å². The summed E-state index contributed by atoms with van der Waals surface area (Å²) in [6.45, 7) is 1.52. The molecule has 2 heterocycles. The minimum Gasteiger partial charge on any atom is -0.459 e. The van der Waals surface area contributed by atoms with Gasteiger partial charge in [0, 0.05) is 36.8 Å². The Balaban J connectivity index is 1.11. The quantitative estimate of drug-likeness (QED) is 0.412. The zero-order valence-electron chi connectivity index (χ0n) is 19.8. The number of hydrogen-bond donors (Lipinski definition) is 2. The molecule has 1 aliphatic heterocycles. The minimum atomic E-state index is -0.314. The SMILES string of the molecule is O=C(Nc1ccc(CNC(=O)C2CCN(C(=O)c3cccc4ccccc34)CC2)cc1)c1ccco1. The first-order chi connectivity index (χ1) is 17.6. The maximum atomic E-state index is 13.2. The van der Waals surface area contributed by atoms with E-state index in [1.165, 1.54) is 6.26 Å². The standard InChI is InChI=1S/C29H27N3O4/c33-27(30-19-20-10-12-23(13-11-20)31-28(34)26-9-4-18-36-26)22-14-16-32(17-15-22)29(35)25-8-3-6-21-5-1-2-7-24(21)25/h1-13,18,22H,14-17,19H2,(H,30,33)(H,31,34). The van der Waals surface area contributed by atoms with Crippen molar-refractivity contribution >= 4 is 34.2 Å². The van der Waals surface area contributed by atoms with Gasteiger partial charge in [-0.2, -0.15) is 0 Å². The highest BCUT2D eigenvalue weighted by Gasteiger charge is 2.28. The number of anilines is 1. The smallest absolute Gasteiger partial charge is 0.291 e. The van der Waals surface area contributed by atoms with Gasteiger partial charge in [0.05, 0.1) is 6.26 Å². The Morgan fingerprint density at radius 3 is 2.36 bits per heavy atom. The fourth-order valence-electron chi connectivity index (χ4n) is 4.57. The minimum absolute atomic E-state index is 0.00228. The molecule has 0 unspecified atom stereocenters. The van der Waals surface area contributed by atoms with Crippen molar-refractivity contribution in [1.29, 1.82) is 0 Å². The van der Waals surface area contributed by atoms with Crippen LogP contribution in [-0.4, -0.2) is 35.7 Å². The zero-order valence-corrected chi connectivity index (χ0v) is 19.8. The number of likely N-dealkylation sites (tertiary alicyclic amines) is 1. The summed E-state index contributed by atoms with van der Waals surface area (Å²) in [5.41, 5.74) is 2.29. The summed E-state index contributed by atoms with van der Waals surface area (Å²) in [7, 11) is 0. The highest BCUT2D eigenvalue weighted by molar-refractivity contribution is 6.07. The van der Waals surface area contributed by atoms with Gasteiger partial charge in [-0.1, -0.05) is 48.5 Å². The average molecular weight is 482 g/mol. The third-order valence-electron chi connectivity index (χ3n) is 6.60. The first-order valence-electron chi connectivity index (χ1n) is 12.1. The predicted octanol–water partition coefficient (Wildman–Crippen LogP) is 4.85. The summed E-state index contributed by atoms with van der Waals surface area (Å²) >= 11 is 0. The maximum absolute atomic E-state index is 13.2. The van der Waals surface area contributed by atoms with Crippen LogP contribution in [0.1, 0.15) is 39.3 Å². The lowest BCUT2D eigenvalue weighted by atomic mass is 9.94. The molecule has 1 aromatic heterocycles. The number of rotatable bonds is 6. The van der Waals surface area contributed by atoms with Crippen molar-refractivity contribution in [2.75, 3.05) is 18.4 Å². The molecule has 0 bridgehead atoms. The highest BCUT2D eigenvalue weighted by atomic mass is 16.3. The molecule has 182 valence electrons. The Morgan fingerprint density at radius 2 is 1.61 bits per heavy atom. The van der Waals surface area contributed by atoms with E-state index in [-0.39, 0.29) is 29.4 Å². The van der Waals surface area contributed by atoms with E-state index in [0.717, 1.165) is 16.3 Å². The van der Waals surface area contributed by atoms with E-state index in [2.05, 4.69) is 10.6 Å². The second-order valence-electron chi connectivity index (χ2n) is 8.94. The number of furan rings is 1. The van der Waals surface area contributed by atoms with Crippen molar-refractivity contribution in [3.8, 4) is 0 Å². The van der Waals surface area contributed by atoms with Gasteiger partial charge in [0.15, 0.2) is 5.76 Å². The third-order valence-corrected chi connectivity index (χ3v) is 6.60. The lowest BCUT2D eigenvalue weighted by Gasteiger charge is -2.31. The summed E-state index contributed by atoms with van der Waals surface area (Å²) in [6, 6.07) is 24.3. The molecular formula is C29H27N3O4. The topological polar surface area (TPSA) is 91.7 Å². The van der Waals surface area contributed by atoms with E-state index >= 15 is 0 Å². The predicted molar refractivity (Wildman–Crippen MR) is 138 cm³/mol. The molecule has 2 N–H and O–H groups in total. The summed E-state index contributed by atoms with van der Waals surface area (Å²) in [4.78, 5) is 39.8. The number of carbonyl (C=O) groups is 3. The van der Waals surface area contributed by atoms with Crippen LogP contribution in [0.4, 0.5) is 5.69 Å². The molecule has 0 spiro atoms. The molecule has 4 aromatic rings. The van der Waals surface area contributed by atoms with E-state index < -0.39 is 0 Å². The largest absolute Gasteiger partial charge is 0.459 e. The second kappa shape index (κ2) is 10.5. The molecular weight excluding hydrogens is 454 g/mol. The number of carbonyl (C=O) groups excluding carboxylic acids is 3. The lowest BCUT2D eigenvalue weighted by molar-refractivity contribution is -0.126. The van der Waals surface area contributed by atoms with Gasteiger partial charge in [0.2, 0.25) is 5.91 Å². The van der Waals surface area contributed by atoms with Crippen molar-refractivity contribution in [1.82, 2.24) is 10.2 Å². The molecule has 1 saturated heterocycles. The number of hydrogen-bond acceptors (Lipinski definition) is 4. The van der Waals surface area contributed by atoms with Crippen LogP contribution in [0.15, 0.2) is 89.5 Å². The van der Waals surface area contributed by atoms with Gasteiger partial charge in [-0.15, -0.1) is 0 Å². The molecule has 5 rings (SSSR count). The average Bonchev–Trinajstić information content (AvgIpc) is 3.47. The van der Waals surface area contributed by atoms with E-state index in [4.69, 9.17) is 4.42 Å². The summed E-state index contributed by atoms with van der Waals surface area (Å²) < 4.78 is 5.09. The van der Waals surface area contributed by atoms with Crippen LogP contribution in [0.3, 0.4) is 0 Å². The molecule has 0 atom stereocenters. The normalized spacial score (nSPS) is 13.9. The van der Waals surface area contributed by atoms with Crippen molar-refractivity contribution in [3.05, 3.63) is 102 Å². The van der Waals surface area contributed by atoms with Gasteiger partial charge in [-0.05, 0) is 59.5 Å². The van der Waals surface area contributed by atoms with Crippen LogP contribution in [0.2, 0.25) is 0 Å². The van der Waals surface area contributed by atoms with Gasteiger partial charge in [0.25, 0.3) is 11.8 Å². The molecule has 0 aliphatic carbocycles. The van der Waals surface area contributed by atoms with Gasteiger partial charge >= 0.3 is 0 Å². The number of nitrogens with one attached hydrogen (secondary N) is 2. The fraction of sp³-hybridized carbons (Fsp3) is 0.207. The Labute approximate surface area is 209 Å². The third kappa shape index (κ3) is 5.15. The van der Waals surface area contributed by atoms with Gasteiger partial charge in [0.1, 0.15) is 0 Å². The second-order valence-corrected chi connectivity index (χ2v) is 8.94. The van der Waals surface area contributed by atoms with Crippen molar-refractivity contribution in [2.24, 2.45) is 5.92 Å². The van der Waals surface area contributed by atoms with Gasteiger partial charge in [-0.25, -0.2) is 0 Å². The number of amides is 3. The van der Waals surface area contributed by atoms with E-state index in [1.54, 1.807) is 24.3 Å². The fourth-order valence-corrected chi connectivity index (χ4v) is 4.57. The Bertz CT molecular complexity index is 1370. The number of fused-ring (bicyclic) bond motifs is 1. The van der Waals surface area contributed by atoms with Gasteiger partial charge < -0.3 is 20.0 Å². The number of piperidine rings is 1. The molecule has 3 amide bonds. The van der Waals surface area contributed by atoms with Crippen LogP contribution < -0.4 is 10.6 Å². The van der Waals surface area contributed by atoms with Crippen molar-refractivity contribution < 1.29 is 18.8 Å². The molecule has 7 nitrogen and oxygen atoms in total. The Hall–Kier alpha value is -4.39. The molecule has 7 heteroatoms. The molecule has 0 radical (unpaired) electrons. The van der Waals surface area contributed by atoms with E-state index in [1.807, 2.05) is 59.5 Å². The summed E-state index contributed by atoms with van der Waals surface area (Å²) in [6.07, 6.45) is 2.73. The molecule has 36 heavy (non-hydrogen) atoms. The molecule has 3 aromatic carbocycles. The van der Waals surface area contributed by atoms with E-state index in [0.29, 0.717) is 43.7 Å². The number of nitrogens with zero attached hydrogens (tertiary/aromatic N) is 1. The summed E-state index contributed by atoms with van der Waals surface area (Å²) in [5, 5.41) is 7.78. The molecule has 0 saturated carbocycles. The Kier molecular flexibility index (Phi) is 6.80.